The predicted octanol–water partition coefficient (Wildman–Crippen LogP) is 1.82. The van der Waals surface area contributed by atoms with E-state index in [-0.39, 0.29) is 6.61 Å². The molecule has 0 radical (unpaired) electrons. The first-order chi connectivity index (χ1) is 6.38. The Morgan fingerprint density at radius 2 is 2.23 bits per heavy atom. The van der Waals surface area contributed by atoms with Crippen molar-refractivity contribution in [3.63, 3.8) is 0 Å². The molecule has 68 valence electrons. The topological polar surface area (TPSA) is 46.3 Å². The Labute approximate surface area is 79.7 Å². The Balaban J connectivity index is 2.10. The highest BCUT2D eigenvalue weighted by Gasteiger charge is 2.03. The van der Waals surface area contributed by atoms with Crippen LogP contribution < -0.4 is 0 Å². The Kier molecular flexibility index (Phi) is 2.42. The molecule has 2 rings (SSSR count). The van der Waals surface area contributed by atoms with Gasteiger partial charge in [0.05, 0.1) is 11.4 Å². The van der Waals surface area contributed by atoms with Crippen LogP contribution in [0.25, 0.3) is 0 Å². The summed E-state index contributed by atoms with van der Waals surface area (Å²) in [5.74, 6) is 1.45. The van der Waals surface area contributed by atoms with Gasteiger partial charge in [0.1, 0.15) is 18.1 Å². The zero-order chi connectivity index (χ0) is 9.10. The maximum absolute atomic E-state index is 8.77. The highest BCUT2D eigenvalue weighted by atomic mass is 32.1. The second-order valence-corrected chi connectivity index (χ2v) is 3.61. The predicted molar refractivity (Wildman–Crippen MR) is 49.6 cm³/mol. The van der Waals surface area contributed by atoms with E-state index in [0.29, 0.717) is 12.2 Å². The maximum atomic E-state index is 8.77. The first kappa shape index (κ1) is 8.47. The normalized spacial score (nSPS) is 10.5. The van der Waals surface area contributed by atoms with Crippen molar-refractivity contribution in [3.05, 3.63) is 40.2 Å². The van der Waals surface area contributed by atoms with Crippen molar-refractivity contribution in [3.8, 4) is 0 Å². The molecule has 0 aromatic carbocycles. The number of aliphatic hydroxyl groups excluding tert-OH is 1. The number of nitrogens with zero attached hydrogens (tertiary/aromatic N) is 1. The molecular formula is C9H9NO2S. The minimum atomic E-state index is -0.0438. The van der Waals surface area contributed by atoms with E-state index in [1.165, 1.54) is 0 Å². The average molecular weight is 195 g/mol. The zero-order valence-corrected chi connectivity index (χ0v) is 7.75. The van der Waals surface area contributed by atoms with E-state index in [1.54, 1.807) is 23.6 Å². The fourth-order valence-electron chi connectivity index (χ4n) is 1.09. The fraction of sp³-hybridized carbons (Fsp3) is 0.222. The van der Waals surface area contributed by atoms with Crippen molar-refractivity contribution in [1.29, 1.82) is 0 Å². The summed E-state index contributed by atoms with van der Waals surface area (Å²) in [6, 6.07) is 3.65. The zero-order valence-electron chi connectivity index (χ0n) is 6.93. The third kappa shape index (κ3) is 1.96. The lowest BCUT2D eigenvalue weighted by atomic mass is 10.3. The summed E-state index contributed by atoms with van der Waals surface area (Å²) in [6.07, 6.45) is 2.48. The van der Waals surface area contributed by atoms with Crippen molar-refractivity contribution >= 4 is 11.3 Å². The van der Waals surface area contributed by atoms with Crippen LogP contribution in [0.3, 0.4) is 0 Å². The molecule has 0 aliphatic heterocycles. The highest BCUT2D eigenvalue weighted by molar-refractivity contribution is 7.09. The molecule has 13 heavy (non-hydrogen) atoms. The summed E-state index contributed by atoms with van der Waals surface area (Å²) in [6.45, 7) is -0.0438. The molecule has 0 saturated heterocycles. The van der Waals surface area contributed by atoms with Gasteiger partial charge in [0.15, 0.2) is 0 Å². The molecular weight excluding hydrogens is 186 g/mol. The standard InChI is InChI=1S/C9H9NO2S/c11-6-8-2-1-7(12-8)5-9-10-3-4-13-9/h1-4,11H,5-6H2. The van der Waals surface area contributed by atoms with Crippen LogP contribution in [0.4, 0.5) is 0 Å². The van der Waals surface area contributed by atoms with Gasteiger partial charge >= 0.3 is 0 Å². The van der Waals surface area contributed by atoms with E-state index in [9.17, 15) is 0 Å². The van der Waals surface area contributed by atoms with Crippen LogP contribution in [0, 0.1) is 0 Å². The summed E-state index contributed by atoms with van der Waals surface area (Å²) in [4.78, 5) is 4.14. The minimum absolute atomic E-state index is 0.0438. The van der Waals surface area contributed by atoms with Crippen molar-refractivity contribution in [2.75, 3.05) is 0 Å². The van der Waals surface area contributed by atoms with Crippen molar-refractivity contribution in [2.45, 2.75) is 13.0 Å². The number of hydrogen-bond donors (Lipinski definition) is 1. The van der Waals surface area contributed by atoms with E-state index >= 15 is 0 Å². The third-order valence-corrected chi connectivity index (χ3v) is 2.46. The van der Waals surface area contributed by atoms with Gasteiger partial charge < -0.3 is 9.52 Å². The van der Waals surface area contributed by atoms with E-state index < -0.39 is 0 Å². The number of rotatable bonds is 3. The van der Waals surface area contributed by atoms with Crippen LogP contribution in [0.15, 0.2) is 28.1 Å². The van der Waals surface area contributed by atoms with Gasteiger partial charge in [-0.2, -0.15) is 0 Å². The van der Waals surface area contributed by atoms with Gasteiger partial charge in [0.25, 0.3) is 0 Å². The summed E-state index contributed by atoms with van der Waals surface area (Å²) in [5, 5.41) is 11.7. The maximum Gasteiger partial charge on any atom is 0.129 e. The van der Waals surface area contributed by atoms with Gasteiger partial charge in [0, 0.05) is 11.6 Å². The molecule has 0 atom stereocenters. The highest BCUT2D eigenvalue weighted by Crippen LogP contribution is 2.14. The molecule has 0 unspecified atom stereocenters. The Morgan fingerprint density at radius 1 is 1.38 bits per heavy atom. The lowest BCUT2D eigenvalue weighted by Crippen LogP contribution is -1.83. The fourth-order valence-corrected chi connectivity index (χ4v) is 1.72. The van der Waals surface area contributed by atoms with Crippen LogP contribution in [-0.4, -0.2) is 10.1 Å². The quantitative estimate of drug-likeness (QED) is 0.812. The number of aromatic nitrogens is 1. The first-order valence-electron chi connectivity index (χ1n) is 3.95. The minimum Gasteiger partial charge on any atom is -0.463 e. The second-order valence-electron chi connectivity index (χ2n) is 2.63. The molecule has 0 aliphatic carbocycles. The Bertz CT molecular complexity index is 367. The van der Waals surface area contributed by atoms with E-state index in [2.05, 4.69) is 4.98 Å². The molecule has 2 aromatic heterocycles. The van der Waals surface area contributed by atoms with Crippen molar-refractivity contribution in [2.24, 2.45) is 0 Å². The van der Waals surface area contributed by atoms with E-state index in [4.69, 9.17) is 9.52 Å². The summed E-state index contributed by atoms with van der Waals surface area (Å²) in [7, 11) is 0. The number of aliphatic hydroxyl groups is 1. The van der Waals surface area contributed by atoms with E-state index in [1.807, 2.05) is 11.4 Å². The lowest BCUT2D eigenvalue weighted by molar-refractivity contribution is 0.244. The lowest BCUT2D eigenvalue weighted by Gasteiger charge is -1.91. The van der Waals surface area contributed by atoms with Crippen LogP contribution in [0.2, 0.25) is 0 Å². The Morgan fingerprint density at radius 3 is 2.85 bits per heavy atom. The molecule has 0 aliphatic rings. The van der Waals surface area contributed by atoms with Gasteiger partial charge in [-0.1, -0.05) is 0 Å². The van der Waals surface area contributed by atoms with Crippen molar-refractivity contribution < 1.29 is 9.52 Å². The molecule has 4 heteroatoms. The SMILES string of the molecule is OCc1ccc(Cc2nccs2)o1. The van der Waals surface area contributed by atoms with Gasteiger partial charge in [0.2, 0.25) is 0 Å². The molecule has 2 aromatic rings. The molecule has 0 bridgehead atoms. The van der Waals surface area contributed by atoms with Crippen LogP contribution in [-0.2, 0) is 13.0 Å². The molecule has 0 spiro atoms. The summed E-state index contributed by atoms with van der Waals surface area (Å²) in [5.41, 5.74) is 0. The monoisotopic (exact) mass is 195 g/mol. The van der Waals surface area contributed by atoms with Gasteiger partial charge in [-0.3, -0.25) is 0 Å². The Hall–Kier alpha value is -1.13. The van der Waals surface area contributed by atoms with Crippen molar-refractivity contribution in [1.82, 2.24) is 4.98 Å². The first-order valence-corrected chi connectivity index (χ1v) is 4.83. The van der Waals surface area contributed by atoms with Crippen LogP contribution in [0.5, 0.6) is 0 Å². The number of hydrogen-bond acceptors (Lipinski definition) is 4. The molecule has 3 nitrogen and oxygen atoms in total. The summed E-state index contributed by atoms with van der Waals surface area (Å²) >= 11 is 1.60. The second kappa shape index (κ2) is 3.72. The summed E-state index contributed by atoms with van der Waals surface area (Å²) < 4.78 is 5.32. The van der Waals surface area contributed by atoms with Gasteiger partial charge in [-0.15, -0.1) is 11.3 Å². The van der Waals surface area contributed by atoms with Crippen LogP contribution in [0.1, 0.15) is 16.5 Å². The molecule has 2 heterocycles. The van der Waals surface area contributed by atoms with Crippen LogP contribution >= 0.6 is 11.3 Å². The van der Waals surface area contributed by atoms with Gasteiger partial charge in [-0.05, 0) is 12.1 Å². The molecule has 0 saturated carbocycles. The number of thiazole rings is 1. The smallest absolute Gasteiger partial charge is 0.129 e. The molecule has 0 fully saturated rings. The third-order valence-electron chi connectivity index (χ3n) is 1.68. The number of furan rings is 1. The molecule has 1 N–H and O–H groups in total. The molecule has 0 amide bonds. The van der Waals surface area contributed by atoms with E-state index in [0.717, 1.165) is 10.8 Å². The largest absolute Gasteiger partial charge is 0.463 e. The van der Waals surface area contributed by atoms with Gasteiger partial charge in [-0.25, -0.2) is 4.98 Å². The average Bonchev–Trinajstić information content (AvgIpc) is 2.76.